The van der Waals surface area contributed by atoms with Crippen LogP contribution in [0.1, 0.15) is 58.3 Å². The number of hydrogen-bond donors (Lipinski definition) is 0. The lowest BCUT2D eigenvalue weighted by Crippen LogP contribution is -2.59. The van der Waals surface area contributed by atoms with Crippen LogP contribution in [-0.2, 0) is 4.79 Å². The Balaban J connectivity index is 4.31. The molecule has 3 nitrogen and oxygen atoms in total. The van der Waals surface area contributed by atoms with Gasteiger partial charge in [0.05, 0.1) is 26.1 Å². The van der Waals surface area contributed by atoms with Gasteiger partial charge in [-0.05, 0) is 18.6 Å². The van der Waals surface area contributed by atoms with E-state index >= 15 is 0 Å². The molecule has 0 rings (SSSR count). The Morgan fingerprint density at radius 3 is 1.95 bits per heavy atom. The molecule has 3 heteroatoms. The SMILES string of the molecule is C=CC[N+](C)(CC=C)C(CCCCCCCCC)C(=O)[O-]. The van der Waals surface area contributed by atoms with E-state index in [0.717, 1.165) is 12.8 Å². The van der Waals surface area contributed by atoms with E-state index in [2.05, 4.69) is 20.1 Å². The molecule has 0 fully saturated rings. The average Bonchev–Trinajstić information content (AvgIpc) is 2.41. The monoisotopic (exact) mass is 295 g/mol. The molecule has 0 amide bonds. The molecule has 0 aliphatic rings. The average molecular weight is 295 g/mol. The number of rotatable bonds is 14. The molecule has 0 radical (unpaired) electrons. The Kier molecular flexibility index (Phi) is 11.0. The molecule has 0 aliphatic heterocycles. The summed E-state index contributed by atoms with van der Waals surface area (Å²) >= 11 is 0. The summed E-state index contributed by atoms with van der Waals surface area (Å²) in [6.07, 6.45) is 12.6. The molecule has 0 N–H and O–H groups in total. The number of carbonyl (C=O) groups excluding carboxylic acids is 1. The standard InChI is InChI=1S/C18H33NO2/c1-5-8-9-10-11-12-13-14-17(18(20)21)19(4,15-6-2)16-7-3/h6-7,17H,2-3,5,8-16H2,1,4H3. The highest BCUT2D eigenvalue weighted by atomic mass is 16.4. The minimum absolute atomic E-state index is 0.408. The highest BCUT2D eigenvalue weighted by Crippen LogP contribution is 2.18. The summed E-state index contributed by atoms with van der Waals surface area (Å²) in [6, 6.07) is -0.475. The van der Waals surface area contributed by atoms with Crippen molar-refractivity contribution in [2.45, 2.75) is 64.3 Å². The van der Waals surface area contributed by atoms with Gasteiger partial charge in [0.1, 0.15) is 6.04 Å². The van der Waals surface area contributed by atoms with Crippen molar-refractivity contribution in [1.29, 1.82) is 0 Å². The van der Waals surface area contributed by atoms with Crippen LogP contribution in [0.4, 0.5) is 0 Å². The number of hydrogen-bond acceptors (Lipinski definition) is 2. The van der Waals surface area contributed by atoms with Crippen LogP contribution >= 0.6 is 0 Å². The maximum absolute atomic E-state index is 11.5. The first-order valence-electron chi connectivity index (χ1n) is 8.28. The van der Waals surface area contributed by atoms with Gasteiger partial charge in [-0.2, -0.15) is 0 Å². The fraction of sp³-hybridized carbons (Fsp3) is 0.722. The molecule has 0 saturated heterocycles. The molecule has 0 aromatic carbocycles. The summed E-state index contributed by atoms with van der Waals surface area (Å²) in [5.41, 5.74) is 0. The molecular weight excluding hydrogens is 262 g/mol. The van der Waals surface area contributed by atoms with Crippen LogP contribution in [0.2, 0.25) is 0 Å². The quantitative estimate of drug-likeness (QED) is 0.281. The number of unbranched alkanes of at least 4 members (excludes halogenated alkanes) is 6. The van der Waals surface area contributed by atoms with Gasteiger partial charge in [0.25, 0.3) is 0 Å². The lowest BCUT2D eigenvalue weighted by molar-refractivity contribution is -0.916. The highest BCUT2D eigenvalue weighted by Gasteiger charge is 2.31. The third-order valence-electron chi connectivity index (χ3n) is 4.20. The van der Waals surface area contributed by atoms with Crippen molar-refractivity contribution >= 4 is 5.97 Å². The Bertz CT molecular complexity index is 302. The largest absolute Gasteiger partial charge is 0.544 e. The van der Waals surface area contributed by atoms with Gasteiger partial charge in [0.2, 0.25) is 0 Å². The lowest BCUT2D eigenvalue weighted by Gasteiger charge is -2.41. The minimum atomic E-state index is -0.952. The second-order valence-corrected chi connectivity index (χ2v) is 6.17. The maximum Gasteiger partial charge on any atom is 0.129 e. The zero-order valence-corrected chi connectivity index (χ0v) is 14.0. The van der Waals surface area contributed by atoms with Gasteiger partial charge in [0, 0.05) is 6.42 Å². The Morgan fingerprint density at radius 2 is 1.52 bits per heavy atom. The van der Waals surface area contributed by atoms with Crippen molar-refractivity contribution in [3.8, 4) is 0 Å². The van der Waals surface area contributed by atoms with E-state index in [4.69, 9.17) is 0 Å². The van der Waals surface area contributed by atoms with E-state index in [0.29, 0.717) is 24.0 Å². The van der Waals surface area contributed by atoms with Gasteiger partial charge < -0.3 is 14.4 Å². The summed E-state index contributed by atoms with van der Waals surface area (Å²) in [5.74, 6) is -0.952. The number of nitrogens with zero attached hydrogens (tertiary/aromatic N) is 1. The summed E-state index contributed by atoms with van der Waals surface area (Å²) in [7, 11) is 1.95. The van der Waals surface area contributed by atoms with Crippen LogP contribution in [0.15, 0.2) is 25.3 Å². The molecule has 1 atom stereocenters. The summed E-state index contributed by atoms with van der Waals surface area (Å²) in [5, 5.41) is 11.5. The zero-order valence-electron chi connectivity index (χ0n) is 14.0. The van der Waals surface area contributed by atoms with Crippen LogP contribution in [0, 0.1) is 0 Å². The van der Waals surface area contributed by atoms with E-state index in [1.807, 2.05) is 7.05 Å². The van der Waals surface area contributed by atoms with Crippen molar-refractivity contribution in [2.75, 3.05) is 20.1 Å². The Hall–Kier alpha value is -1.09. The highest BCUT2D eigenvalue weighted by molar-refractivity contribution is 5.69. The molecular formula is C18H33NO2. The first-order chi connectivity index (χ1) is 10.0. The van der Waals surface area contributed by atoms with Gasteiger partial charge in [-0.25, -0.2) is 0 Å². The van der Waals surface area contributed by atoms with Gasteiger partial charge in [-0.1, -0.05) is 58.6 Å². The normalized spacial score (nSPS) is 12.9. The predicted octanol–water partition coefficient (Wildman–Crippen LogP) is 3.06. The fourth-order valence-electron chi connectivity index (χ4n) is 2.90. The van der Waals surface area contributed by atoms with E-state index in [-0.39, 0.29) is 0 Å². The Morgan fingerprint density at radius 1 is 1.05 bits per heavy atom. The lowest BCUT2D eigenvalue weighted by atomic mass is 10.0. The smallest absolute Gasteiger partial charge is 0.129 e. The summed E-state index contributed by atoms with van der Waals surface area (Å²) in [6.45, 7) is 11.0. The molecule has 21 heavy (non-hydrogen) atoms. The molecule has 0 aromatic heterocycles. The molecule has 0 aromatic rings. The van der Waals surface area contributed by atoms with Crippen LogP contribution in [-0.4, -0.2) is 36.6 Å². The number of carbonyl (C=O) groups is 1. The van der Waals surface area contributed by atoms with Crippen LogP contribution in [0.3, 0.4) is 0 Å². The van der Waals surface area contributed by atoms with Crippen LogP contribution in [0.25, 0.3) is 0 Å². The third-order valence-corrected chi connectivity index (χ3v) is 4.20. The van der Waals surface area contributed by atoms with E-state index in [1.165, 1.54) is 32.1 Å². The number of carboxylic acids is 1. The Labute approximate surface area is 130 Å². The molecule has 0 spiro atoms. The number of aliphatic carboxylic acids is 1. The molecule has 122 valence electrons. The minimum Gasteiger partial charge on any atom is -0.544 e. The predicted molar refractivity (Wildman–Crippen MR) is 87.7 cm³/mol. The number of carboxylic acid groups (broad SMARTS) is 1. The molecule has 1 unspecified atom stereocenters. The summed E-state index contributed by atoms with van der Waals surface area (Å²) < 4.78 is 0.408. The van der Waals surface area contributed by atoms with Gasteiger partial charge in [-0.3, -0.25) is 0 Å². The van der Waals surface area contributed by atoms with Gasteiger partial charge in [0.15, 0.2) is 0 Å². The maximum atomic E-state index is 11.5. The molecule has 0 aliphatic carbocycles. The van der Waals surface area contributed by atoms with Crippen LogP contribution in [0.5, 0.6) is 0 Å². The van der Waals surface area contributed by atoms with Gasteiger partial charge >= 0.3 is 0 Å². The number of quaternary nitrogens is 1. The fourth-order valence-corrected chi connectivity index (χ4v) is 2.90. The molecule has 0 heterocycles. The number of likely N-dealkylation sites (N-methyl/N-ethyl adjacent to an activating group) is 1. The van der Waals surface area contributed by atoms with Crippen molar-refractivity contribution in [2.24, 2.45) is 0 Å². The first-order valence-corrected chi connectivity index (χ1v) is 8.28. The first kappa shape index (κ1) is 19.9. The molecule has 0 bridgehead atoms. The van der Waals surface area contributed by atoms with Crippen molar-refractivity contribution in [3.05, 3.63) is 25.3 Å². The molecule has 0 saturated carbocycles. The van der Waals surface area contributed by atoms with Crippen LogP contribution < -0.4 is 5.11 Å². The van der Waals surface area contributed by atoms with E-state index in [1.54, 1.807) is 12.2 Å². The second kappa shape index (κ2) is 11.6. The summed E-state index contributed by atoms with van der Waals surface area (Å²) in [4.78, 5) is 11.5. The van der Waals surface area contributed by atoms with E-state index in [9.17, 15) is 9.90 Å². The second-order valence-electron chi connectivity index (χ2n) is 6.17. The van der Waals surface area contributed by atoms with Crippen molar-refractivity contribution < 1.29 is 14.4 Å². The topological polar surface area (TPSA) is 40.1 Å². The third kappa shape index (κ3) is 8.05. The zero-order chi connectivity index (χ0) is 16.1. The van der Waals surface area contributed by atoms with Crippen molar-refractivity contribution in [3.63, 3.8) is 0 Å². The van der Waals surface area contributed by atoms with Gasteiger partial charge in [-0.15, -0.1) is 0 Å². The van der Waals surface area contributed by atoms with E-state index < -0.39 is 12.0 Å². The van der Waals surface area contributed by atoms with Crippen molar-refractivity contribution in [1.82, 2.24) is 0 Å².